The molecular weight excluding hydrogens is 528 g/mol. The molecule has 1 unspecified atom stereocenters. The maximum Gasteiger partial charge on any atom is 0.309 e. The van der Waals surface area contributed by atoms with E-state index in [-0.39, 0.29) is 24.0 Å². The third-order valence-electron chi connectivity index (χ3n) is 7.58. The number of nitrogens with zero attached hydrogens (tertiary/aromatic N) is 6. The minimum Gasteiger partial charge on any atom is -0.469 e. The topological polar surface area (TPSA) is 104 Å². The minimum atomic E-state index is -0.261. The Labute approximate surface area is 235 Å². The van der Waals surface area contributed by atoms with Crippen LogP contribution >= 0.6 is 11.6 Å². The second-order valence-corrected chi connectivity index (χ2v) is 10.4. The first-order chi connectivity index (χ1) is 19.4. The van der Waals surface area contributed by atoms with Crippen molar-refractivity contribution < 1.29 is 9.53 Å². The Balaban J connectivity index is 1.29. The maximum absolute atomic E-state index is 13.6. The fraction of sp³-hybridized carbons (Fsp3) is 0.267. The number of pyridine rings is 1. The highest BCUT2D eigenvalue weighted by Crippen LogP contribution is 2.38. The SMILES string of the molecule is CCC1=C(c2ccc(CC(=O)OC)cc2)CC(C2CCc3cc(-c4cc(Cl)ccc4-n4cnnn4)cc(=O)n32)=N1. The number of rotatable bonds is 7. The molecule has 4 heterocycles. The van der Waals surface area contributed by atoms with Crippen LogP contribution in [-0.2, 0) is 22.4 Å². The molecule has 0 bridgehead atoms. The Hall–Kier alpha value is -4.37. The van der Waals surface area contributed by atoms with Crippen LogP contribution in [0, 0.1) is 0 Å². The lowest BCUT2D eigenvalue weighted by Gasteiger charge is -2.17. The number of halogens is 1. The molecular formula is C30H27ClN6O3. The van der Waals surface area contributed by atoms with Crippen LogP contribution < -0.4 is 5.56 Å². The van der Waals surface area contributed by atoms with E-state index in [2.05, 4.69) is 28.5 Å². The summed E-state index contributed by atoms with van der Waals surface area (Å²) >= 11 is 6.34. The van der Waals surface area contributed by atoms with Crippen LogP contribution in [-0.4, -0.2) is 43.6 Å². The molecule has 0 saturated heterocycles. The number of benzene rings is 2. The predicted molar refractivity (Wildman–Crippen MR) is 153 cm³/mol. The molecule has 1 atom stereocenters. The summed E-state index contributed by atoms with van der Waals surface area (Å²) in [6, 6.07) is 17.1. The third-order valence-corrected chi connectivity index (χ3v) is 7.82. The number of hydrogen-bond donors (Lipinski definition) is 0. The summed E-state index contributed by atoms with van der Waals surface area (Å²) in [6.07, 6.45) is 4.83. The summed E-state index contributed by atoms with van der Waals surface area (Å²) in [7, 11) is 1.39. The van der Waals surface area contributed by atoms with Crippen LogP contribution in [0.15, 0.2) is 76.4 Å². The molecule has 2 aliphatic heterocycles. The van der Waals surface area contributed by atoms with E-state index in [1.54, 1.807) is 16.8 Å². The molecule has 2 aromatic heterocycles. The Kier molecular flexibility index (Phi) is 6.89. The first-order valence-corrected chi connectivity index (χ1v) is 13.6. The van der Waals surface area contributed by atoms with Crippen molar-refractivity contribution in [2.45, 2.75) is 45.1 Å². The van der Waals surface area contributed by atoms with Crippen molar-refractivity contribution in [2.24, 2.45) is 4.99 Å². The van der Waals surface area contributed by atoms with Gasteiger partial charge in [-0.2, -0.15) is 4.68 Å². The number of tetrazole rings is 1. The van der Waals surface area contributed by atoms with Crippen molar-refractivity contribution in [2.75, 3.05) is 7.11 Å². The molecule has 9 nitrogen and oxygen atoms in total. The summed E-state index contributed by atoms with van der Waals surface area (Å²) in [6.45, 7) is 2.10. The van der Waals surface area contributed by atoms with E-state index in [1.165, 1.54) is 19.0 Å². The number of esters is 1. The van der Waals surface area contributed by atoms with Gasteiger partial charge in [-0.05, 0) is 76.2 Å². The van der Waals surface area contributed by atoms with E-state index in [0.29, 0.717) is 11.4 Å². The first-order valence-electron chi connectivity index (χ1n) is 13.2. The molecule has 2 aromatic carbocycles. The Morgan fingerprint density at radius 2 is 1.93 bits per heavy atom. The fourth-order valence-electron chi connectivity index (χ4n) is 5.66. The van der Waals surface area contributed by atoms with Gasteiger partial charge in [-0.25, -0.2) is 0 Å². The number of aromatic nitrogens is 5. The smallest absolute Gasteiger partial charge is 0.309 e. The molecule has 0 spiro atoms. The third kappa shape index (κ3) is 4.77. The van der Waals surface area contributed by atoms with Gasteiger partial charge in [-0.3, -0.25) is 14.6 Å². The molecule has 40 heavy (non-hydrogen) atoms. The Morgan fingerprint density at radius 1 is 1.10 bits per heavy atom. The van der Waals surface area contributed by atoms with Crippen molar-refractivity contribution in [3.05, 3.63) is 98.8 Å². The van der Waals surface area contributed by atoms with Crippen LogP contribution in [0.5, 0.6) is 0 Å². The van der Waals surface area contributed by atoms with Gasteiger partial charge in [0.15, 0.2) is 0 Å². The summed E-state index contributed by atoms with van der Waals surface area (Å²) in [4.78, 5) is 30.2. The summed E-state index contributed by atoms with van der Waals surface area (Å²) in [5.41, 5.74) is 8.42. The number of hydrogen-bond acceptors (Lipinski definition) is 7. The molecule has 0 aliphatic carbocycles. The lowest BCUT2D eigenvalue weighted by atomic mass is 9.95. The van der Waals surface area contributed by atoms with Gasteiger partial charge < -0.3 is 9.30 Å². The zero-order chi connectivity index (χ0) is 27.8. The van der Waals surface area contributed by atoms with E-state index in [9.17, 15) is 9.59 Å². The standard InChI is InChI=1S/C30H27ClN6O3/c1-3-25-23(19-6-4-18(5-7-19)12-30(39)40-2)16-26(33-25)28-11-9-22-13-20(14-29(38)37(22)28)24-15-21(31)8-10-27(24)36-17-32-34-35-36/h4-8,10,13-15,17,28H,3,9,11-12,16H2,1-2H3. The van der Waals surface area contributed by atoms with E-state index in [0.717, 1.165) is 64.3 Å². The molecule has 10 heteroatoms. The molecule has 0 fully saturated rings. The zero-order valence-corrected chi connectivity index (χ0v) is 22.9. The summed E-state index contributed by atoms with van der Waals surface area (Å²) < 4.78 is 8.23. The number of aliphatic imine (C=N–C) groups is 1. The van der Waals surface area contributed by atoms with Crippen LogP contribution in [0.3, 0.4) is 0 Å². The van der Waals surface area contributed by atoms with E-state index >= 15 is 0 Å². The molecule has 4 aromatic rings. The van der Waals surface area contributed by atoms with E-state index < -0.39 is 0 Å². The molecule has 0 saturated carbocycles. The van der Waals surface area contributed by atoms with E-state index in [1.807, 2.05) is 41.0 Å². The van der Waals surface area contributed by atoms with Gasteiger partial charge in [0.1, 0.15) is 6.33 Å². The van der Waals surface area contributed by atoms with Crippen LogP contribution in [0.4, 0.5) is 0 Å². The number of carbonyl (C=O) groups is 1. The van der Waals surface area contributed by atoms with Crippen molar-refractivity contribution in [3.63, 3.8) is 0 Å². The lowest BCUT2D eigenvalue weighted by Crippen LogP contribution is -2.27. The van der Waals surface area contributed by atoms with Crippen molar-refractivity contribution in [1.82, 2.24) is 24.8 Å². The molecule has 0 N–H and O–H groups in total. The van der Waals surface area contributed by atoms with E-state index in [4.69, 9.17) is 21.3 Å². The van der Waals surface area contributed by atoms with Gasteiger partial charge in [0, 0.05) is 40.2 Å². The predicted octanol–water partition coefficient (Wildman–Crippen LogP) is 5.01. The quantitative estimate of drug-likeness (QED) is 0.297. The number of fused-ring (bicyclic) bond motifs is 1. The van der Waals surface area contributed by atoms with Crippen LogP contribution in [0.25, 0.3) is 22.4 Å². The van der Waals surface area contributed by atoms with Gasteiger partial charge in [0.2, 0.25) is 0 Å². The average molecular weight is 555 g/mol. The highest BCUT2D eigenvalue weighted by molar-refractivity contribution is 6.31. The molecule has 6 rings (SSSR count). The number of carbonyl (C=O) groups excluding carboxylic acids is 1. The normalized spacial score (nSPS) is 16.3. The number of aryl methyl sites for hydroxylation is 1. The van der Waals surface area contributed by atoms with Gasteiger partial charge in [0.05, 0.1) is 25.3 Å². The van der Waals surface area contributed by atoms with Gasteiger partial charge in [-0.15, -0.1) is 5.10 Å². The monoisotopic (exact) mass is 554 g/mol. The second kappa shape index (κ2) is 10.7. The Morgan fingerprint density at radius 3 is 2.65 bits per heavy atom. The van der Waals surface area contributed by atoms with Crippen LogP contribution in [0.1, 0.15) is 49.0 Å². The second-order valence-electron chi connectivity index (χ2n) is 9.92. The molecule has 2 aliphatic rings. The minimum absolute atomic E-state index is 0.0704. The van der Waals surface area contributed by atoms with Crippen molar-refractivity contribution in [3.8, 4) is 16.8 Å². The number of methoxy groups -OCH3 is 1. The maximum atomic E-state index is 13.6. The fourth-order valence-corrected chi connectivity index (χ4v) is 5.83. The first kappa shape index (κ1) is 25.9. The highest BCUT2D eigenvalue weighted by atomic mass is 35.5. The summed E-state index contributed by atoms with van der Waals surface area (Å²) in [5.74, 6) is -0.261. The lowest BCUT2D eigenvalue weighted by molar-refractivity contribution is -0.139. The van der Waals surface area contributed by atoms with Crippen molar-refractivity contribution >= 4 is 28.9 Å². The van der Waals surface area contributed by atoms with Gasteiger partial charge >= 0.3 is 5.97 Å². The van der Waals surface area contributed by atoms with Crippen molar-refractivity contribution in [1.29, 1.82) is 0 Å². The van der Waals surface area contributed by atoms with Gasteiger partial charge in [-0.1, -0.05) is 42.8 Å². The van der Waals surface area contributed by atoms with Gasteiger partial charge in [0.25, 0.3) is 5.56 Å². The van der Waals surface area contributed by atoms with Crippen LogP contribution in [0.2, 0.25) is 5.02 Å². The Bertz CT molecular complexity index is 1720. The zero-order valence-electron chi connectivity index (χ0n) is 22.2. The molecule has 202 valence electrons. The number of allylic oxidation sites excluding steroid dienone is 2. The highest BCUT2D eigenvalue weighted by Gasteiger charge is 2.32. The summed E-state index contributed by atoms with van der Waals surface area (Å²) in [5, 5.41) is 12.1. The average Bonchev–Trinajstić information content (AvgIpc) is 3.73. The molecule has 0 amide bonds. The number of ether oxygens (including phenoxy) is 1. The molecule has 0 radical (unpaired) electrons. The largest absolute Gasteiger partial charge is 0.469 e.